The summed E-state index contributed by atoms with van der Waals surface area (Å²) < 4.78 is 5.93. The van der Waals surface area contributed by atoms with Gasteiger partial charge in [0, 0.05) is 40.0 Å². The van der Waals surface area contributed by atoms with Crippen LogP contribution in [-0.4, -0.2) is 4.92 Å². The zero-order valence-electron chi connectivity index (χ0n) is 14.2. The van der Waals surface area contributed by atoms with E-state index in [-0.39, 0.29) is 5.69 Å². The fourth-order valence-corrected chi connectivity index (χ4v) is 2.92. The fraction of sp³-hybridized carbons (Fsp3) is 0.100. The maximum atomic E-state index is 10.7. The number of nitro groups is 1. The number of nitro benzene ring substituents is 1. The summed E-state index contributed by atoms with van der Waals surface area (Å²) in [4.78, 5) is 10.3. The second kappa shape index (κ2) is 8.75. The van der Waals surface area contributed by atoms with Gasteiger partial charge in [-0.25, -0.2) is 0 Å². The molecule has 0 unspecified atom stereocenters. The summed E-state index contributed by atoms with van der Waals surface area (Å²) in [6.45, 7) is 0.843. The molecule has 0 spiro atoms. The summed E-state index contributed by atoms with van der Waals surface area (Å²) in [5.74, 6) is 0.703. The van der Waals surface area contributed by atoms with Gasteiger partial charge in [0.2, 0.25) is 0 Å². The first-order chi connectivity index (χ1) is 13.0. The summed E-state index contributed by atoms with van der Waals surface area (Å²) in [5.41, 5.74) is 2.66. The van der Waals surface area contributed by atoms with E-state index in [9.17, 15) is 10.1 Å². The Labute approximate surface area is 166 Å². The van der Waals surface area contributed by atoms with Crippen LogP contribution in [0.1, 0.15) is 11.1 Å². The van der Waals surface area contributed by atoms with Gasteiger partial charge in [-0.05, 0) is 48.0 Å². The van der Waals surface area contributed by atoms with Gasteiger partial charge in [0.25, 0.3) is 5.69 Å². The van der Waals surface area contributed by atoms with Crippen molar-refractivity contribution < 1.29 is 9.66 Å². The van der Waals surface area contributed by atoms with Crippen molar-refractivity contribution in [2.24, 2.45) is 0 Å². The molecule has 0 aliphatic heterocycles. The van der Waals surface area contributed by atoms with Crippen molar-refractivity contribution in [3.8, 4) is 5.75 Å². The Bertz CT molecular complexity index is 946. The van der Waals surface area contributed by atoms with Gasteiger partial charge in [-0.2, -0.15) is 0 Å². The standard InChI is InChI=1S/C20H16Cl2N2O3/c21-16-3-1-2-14(10-16)13-27-20-9-4-17(22)11-15(20)12-23-18-5-7-19(8-6-18)24(25)26/h1-11,23H,12-13H2. The van der Waals surface area contributed by atoms with Crippen LogP contribution < -0.4 is 10.1 Å². The number of benzene rings is 3. The Balaban J connectivity index is 1.69. The Kier molecular flexibility index (Phi) is 6.16. The minimum absolute atomic E-state index is 0.0499. The number of nitrogens with zero attached hydrogens (tertiary/aromatic N) is 1. The van der Waals surface area contributed by atoms with Gasteiger partial charge >= 0.3 is 0 Å². The summed E-state index contributed by atoms with van der Waals surface area (Å²) in [5, 5.41) is 15.2. The Morgan fingerprint density at radius 2 is 1.70 bits per heavy atom. The minimum Gasteiger partial charge on any atom is -0.489 e. The normalized spacial score (nSPS) is 10.4. The summed E-state index contributed by atoms with van der Waals surface area (Å²) in [6, 6.07) is 19.1. The van der Waals surface area contributed by atoms with Crippen LogP contribution in [0.25, 0.3) is 0 Å². The van der Waals surface area contributed by atoms with Crippen LogP contribution in [0.2, 0.25) is 10.0 Å². The zero-order chi connectivity index (χ0) is 19.2. The van der Waals surface area contributed by atoms with Crippen molar-refractivity contribution in [1.82, 2.24) is 0 Å². The van der Waals surface area contributed by atoms with Crippen LogP contribution in [0, 0.1) is 10.1 Å². The first-order valence-electron chi connectivity index (χ1n) is 8.15. The summed E-state index contributed by atoms with van der Waals surface area (Å²) >= 11 is 12.1. The van der Waals surface area contributed by atoms with E-state index in [1.165, 1.54) is 12.1 Å². The molecule has 0 heterocycles. The van der Waals surface area contributed by atoms with E-state index < -0.39 is 4.92 Å². The highest BCUT2D eigenvalue weighted by atomic mass is 35.5. The molecule has 3 rings (SSSR count). The van der Waals surface area contributed by atoms with Crippen LogP contribution in [0.15, 0.2) is 66.7 Å². The Hall–Kier alpha value is -2.76. The van der Waals surface area contributed by atoms with E-state index in [0.717, 1.165) is 16.8 Å². The van der Waals surface area contributed by atoms with Gasteiger partial charge in [0.1, 0.15) is 12.4 Å². The first kappa shape index (κ1) is 19.0. The number of halogens is 2. The third kappa shape index (κ3) is 5.36. The highest BCUT2D eigenvalue weighted by Gasteiger charge is 2.08. The maximum Gasteiger partial charge on any atom is 0.269 e. The van der Waals surface area contributed by atoms with Crippen LogP contribution in [0.5, 0.6) is 5.75 Å². The topological polar surface area (TPSA) is 64.4 Å². The van der Waals surface area contributed by atoms with E-state index in [4.69, 9.17) is 27.9 Å². The third-order valence-electron chi connectivity index (χ3n) is 3.87. The molecule has 0 amide bonds. The number of anilines is 1. The largest absolute Gasteiger partial charge is 0.489 e. The molecule has 3 aromatic carbocycles. The van der Waals surface area contributed by atoms with Crippen LogP contribution in [-0.2, 0) is 13.2 Å². The highest BCUT2D eigenvalue weighted by molar-refractivity contribution is 6.30. The Morgan fingerprint density at radius 3 is 2.41 bits per heavy atom. The molecular weight excluding hydrogens is 387 g/mol. The molecule has 7 heteroatoms. The minimum atomic E-state index is -0.428. The fourth-order valence-electron chi connectivity index (χ4n) is 2.51. The van der Waals surface area contributed by atoms with Crippen molar-refractivity contribution in [3.63, 3.8) is 0 Å². The van der Waals surface area contributed by atoms with Gasteiger partial charge in [0.05, 0.1) is 4.92 Å². The molecular formula is C20H16Cl2N2O3. The second-order valence-electron chi connectivity index (χ2n) is 5.83. The molecule has 0 aromatic heterocycles. The smallest absolute Gasteiger partial charge is 0.269 e. The molecule has 1 N–H and O–H groups in total. The summed E-state index contributed by atoms with van der Waals surface area (Å²) in [7, 11) is 0. The van der Waals surface area contributed by atoms with Crippen LogP contribution >= 0.6 is 23.2 Å². The van der Waals surface area contributed by atoms with Gasteiger partial charge in [-0.3, -0.25) is 10.1 Å². The van der Waals surface area contributed by atoms with Crippen molar-refractivity contribution in [2.45, 2.75) is 13.2 Å². The molecule has 0 radical (unpaired) electrons. The molecule has 0 bridgehead atoms. The van der Waals surface area contributed by atoms with Crippen LogP contribution in [0.4, 0.5) is 11.4 Å². The molecule has 138 valence electrons. The number of nitrogens with one attached hydrogen (secondary N) is 1. The lowest BCUT2D eigenvalue weighted by atomic mass is 10.2. The van der Waals surface area contributed by atoms with Crippen molar-refractivity contribution >= 4 is 34.6 Å². The van der Waals surface area contributed by atoms with Crippen molar-refractivity contribution in [2.75, 3.05) is 5.32 Å². The molecule has 5 nitrogen and oxygen atoms in total. The zero-order valence-corrected chi connectivity index (χ0v) is 15.7. The number of rotatable bonds is 7. The van der Waals surface area contributed by atoms with E-state index in [0.29, 0.717) is 28.9 Å². The summed E-state index contributed by atoms with van der Waals surface area (Å²) in [6.07, 6.45) is 0. The lowest BCUT2D eigenvalue weighted by molar-refractivity contribution is -0.384. The van der Waals surface area contributed by atoms with Gasteiger partial charge in [-0.15, -0.1) is 0 Å². The predicted molar refractivity (Wildman–Crippen MR) is 108 cm³/mol. The average molecular weight is 403 g/mol. The molecule has 0 atom stereocenters. The Morgan fingerprint density at radius 1 is 0.963 bits per heavy atom. The molecule has 3 aromatic rings. The number of ether oxygens (including phenoxy) is 1. The molecule has 27 heavy (non-hydrogen) atoms. The van der Waals surface area contributed by atoms with Gasteiger partial charge in [0.15, 0.2) is 0 Å². The molecule has 0 fully saturated rings. The SMILES string of the molecule is O=[N+]([O-])c1ccc(NCc2cc(Cl)ccc2OCc2cccc(Cl)c2)cc1. The van der Waals surface area contributed by atoms with Gasteiger partial charge < -0.3 is 10.1 Å². The number of hydrogen-bond donors (Lipinski definition) is 1. The predicted octanol–water partition coefficient (Wildman–Crippen LogP) is 6.09. The van der Waals surface area contributed by atoms with Gasteiger partial charge in [-0.1, -0.05) is 35.3 Å². The van der Waals surface area contributed by atoms with Crippen molar-refractivity contribution in [1.29, 1.82) is 0 Å². The van der Waals surface area contributed by atoms with Crippen molar-refractivity contribution in [3.05, 3.63) is 98.0 Å². The monoisotopic (exact) mass is 402 g/mol. The molecule has 0 saturated heterocycles. The average Bonchev–Trinajstić information content (AvgIpc) is 2.66. The molecule has 0 aliphatic carbocycles. The van der Waals surface area contributed by atoms with E-state index in [2.05, 4.69) is 5.32 Å². The maximum absolute atomic E-state index is 10.7. The third-order valence-corrected chi connectivity index (χ3v) is 4.34. The molecule has 0 saturated carbocycles. The number of hydrogen-bond acceptors (Lipinski definition) is 4. The van der Waals surface area contributed by atoms with Crippen LogP contribution in [0.3, 0.4) is 0 Å². The van der Waals surface area contributed by atoms with E-state index >= 15 is 0 Å². The number of non-ortho nitro benzene ring substituents is 1. The van der Waals surface area contributed by atoms with E-state index in [1.54, 1.807) is 18.2 Å². The second-order valence-corrected chi connectivity index (χ2v) is 6.70. The lowest BCUT2D eigenvalue weighted by Crippen LogP contribution is -2.04. The first-order valence-corrected chi connectivity index (χ1v) is 8.91. The molecule has 0 aliphatic rings. The van der Waals surface area contributed by atoms with E-state index in [1.807, 2.05) is 36.4 Å². The quantitative estimate of drug-likeness (QED) is 0.383. The lowest BCUT2D eigenvalue weighted by Gasteiger charge is -2.14. The highest BCUT2D eigenvalue weighted by Crippen LogP contribution is 2.26.